The summed E-state index contributed by atoms with van der Waals surface area (Å²) in [5.74, 6) is 0. The van der Waals surface area contributed by atoms with Crippen LogP contribution in [0.2, 0.25) is 0 Å². The third-order valence-corrected chi connectivity index (χ3v) is 5.22. The fourth-order valence-corrected chi connectivity index (χ4v) is 4.17. The smallest absolute Gasteiger partial charge is 0.113 e. The molecule has 18 heavy (non-hydrogen) atoms. The van der Waals surface area contributed by atoms with Crippen LogP contribution < -0.4 is 5.32 Å². The van der Waals surface area contributed by atoms with Crippen LogP contribution >= 0.6 is 11.3 Å². The summed E-state index contributed by atoms with van der Waals surface area (Å²) in [6.07, 6.45) is 3.67. The van der Waals surface area contributed by atoms with Crippen molar-refractivity contribution in [3.63, 3.8) is 0 Å². The lowest BCUT2D eigenvalue weighted by molar-refractivity contribution is 0.303. The lowest BCUT2D eigenvalue weighted by Crippen LogP contribution is -2.38. The Balaban J connectivity index is 2.32. The molecule has 0 bridgehead atoms. The summed E-state index contributed by atoms with van der Waals surface area (Å²) in [5, 5.41) is 7.08. The van der Waals surface area contributed by atoms with Crippen molar-refractivity contribution in [2.75, 3.05) is 7.05 Å². The summed E-state index contributed by atoms with van der Waals surface area (Å²) in [6.45, 7) is 11.4. The maximum atomic E-state index is 4.93. The number of rotatable bonds is 2. The van der Waals surface area contributed by atoms with E-state index in [2.05, 4.69) is 52.4 Å². The molecule has 0 aliphatic heterocycles. The molecule has 1 aromatic rings. The minimum Gasteiger partial charge on any atom is -0.308 e. The zero-order chi connectivity index (χ0) is 13.6. The van der Waals surface area contributed by atoms with Gasteiger partial charge in [-0.25, -0.2) is 4.98 Å². The van der Waals surface area contributed by atoms with Crippen LogP contribution in [0.1, 0.15) is 64.6 Å². The van der Waals surface area contributed by atoms with Crippen molar-refractivity contribution < 1.29 is 0 Å². The van der Waals surface area contributed by atoms with Gasteiger partial charge < -0.3 is 5.32 Å². The Bertz CT molecular complexity index is 428. The summed E-state index contributed by atoms with van der Waals surface area (Å²) in [5.41, 5.74) is 1.91. The number of thiazole rings is 1. The molecule has 1 atom stereocenters. The van der Waals surface area contributed by atoms with Crippen molar-refractivity contribution >= 4 is 11.3 Å². The van der Waals surface area contributed by atoms with Gasteiger partial charge in [0.05, 0.1) is 11.2 Å². The Morgan fingerprint density at radius 2 is 1.94 bits per heavy atom. The number of hydrogen-bond acceptors (Lipinski definition) is 3. The molecule has 3 heteroatoms. The van der Waals surface area contributed by atoms with Crippen molar-refractivity contribution in [3.8, 4) is 0 Å². The quantitative estimate of drug-likeness (QED) is 0.873. The van der Waals surface area contributed by atoms with Gasteiger partial charge in [0.15, 0.2) is 0 Å². The van der Waals surface area contributed by atoms with Gasteiger partial charge in [0.25, 0.3) is 0 Å². The monoisotopic (exact) mass is 266 g/mol. The summed E-state index contributed by atoms with van der Waals surface area (Å²) in [7, 11) is 2.08. The molecule has 2 rings (SSSR count). The minimum absolute atomic E-state index is 0.109. The zero-order valence-electron chi connectivity index (χ0n) is 12.6. The van der Waals surface area contributed by atoms with E-state index in [1.54, 1.807) is 0 Å². The third kappa shape index (κ3) is 2.48. The van der Waals surface area contributed by atoms with Gasteiger partial charge in [-0.2, -0.15) is 0 Å². The van der Waals surface area contributed by atoms with Crippen LogP contribution in [0.25, 0.3) is 0 Å². The Morgan fingerprint density at radius 3 is 2.33 bits per heavy atom. The normalized spacial score (nSPS) is 27.7. The topological polar surface area (TPSA) is 24.9 Å². The fourth-order valence-electron chi connectivity index (χ4n) is 2.89. The second-order valence-corrected chi connectivity index (χ2v) is 8.32. The van der Waals surface area contributed by atoms with Gasteiger partial charge in [-0.05, 0) is 31.7 Å². The van der Waals surface area contributed by atoms with E-state index in [1.165, 1.54) is 30.0 Å². The maximum absolute atomic E-state index is 4.93. The molecule has 1 fully saturated rings. The van der Waals surface area contributed by atoms with Gasteiger partial charge in [0, 0.05) is 10.8 Å². The highest BCUT2D eigenvalue weighted by Crippen LogP contribution is 2.49. The van der Waals surface area contributed by atoms with E-state index < -0.39 is 0 Å². The van der Waals surface area contributed by atoms with E-state index >= 15 is 0 Å². The molecule has 1 aliphatic carbocycles. The number of aromatic nitrogens is 1. The molecule has 2 nitrogen and oxygen atoms in total. The molecule has 0 spiro atoms. The number of nitrogens with one attached hydrogen (secondary N) is 1. The van der Waals surface area contributed by atoms with Crippen LogP contribution in [-0.2, 0) is 11.0 Å². The molecule has 102 valence electrons. The summed E-state index contributed by atoms with van der Waals surface area (Å²) < 4.78 is 0. The molecule has 1 saturated carbocycles. The van der Waals surface area contributed by atoms with E-state index in [4.69, 9.17) is 4.98 Å². The first-order valence-electron chi connectivity index (χ1n) is 6.84. The summed E-state index contributed by atoms with van der Waals surface area (Å²) >= 11 is 1.82. The van der Waals surface area contributed by atoms with Crippen molar-refractivity contribution in [1.82, 2.24) is 10.3 Å². The largest absolute Gasteiger partial charge is 0.308 e. The summed E-state index contributed by atoms with van der Waals surface area (Å²) in [6, 6.07) is 0. The average Bonchev–Trinajstić information content (AvgIpc) is 2.82. The number of hydrogen-bond donors (Lipinski definition) is 1. The van der Waals surface area contributed by atoms with Crippen molar-refractivity contribution in [3.05, 3.63) is 16.1 Å². The van der Waals surface area contributed by atoms with Gasteiger partial charge in [-0.1, -0.05) is 34.6 Å². The Hall–Kier alpha value is -0.410. The predicted molar refractivity (Wildman–Crippen MR) is 79.2 cm³/mol. The minimum atomic E-state index is 0.109. The predicted octanol–water partition coefficient (Wildman–Crippen LogP) is 4.07. The first-order valence-corrected chi connectivity index (χ1v) is 7.72. The second kappa shape index (κ2) is 4.31. The van der Waals surface area contributed by atoms with E-state index in [0.717, 1.165) is 0 Å². The third-order valence-electron chi connectivity index (χ3n) is 4.17. The molecule has 1 aromatic heterocycles. The lowest BCUT2D eigenvalue weighted by Gasteiger charge is -2.28. The first kappa shape index (κ1) is 14.0. The van der Waals surface area contributed by atoms with Gasteiger partial charge in [-0.15, -0.1) is 11.3 Å². The molecular weight excluding hydrogens is 240 g/mol. The van der Waals surface area contributed by atoms with E-state index in [0.29, 0.717) is 5.41 Å². The van der Waals surface area contributed by atoms with Crippen LogP contribution in [0.15, 0.2) is 5.38 Å². The van der Waals surface area contributed by atoms with E-state index in [1.807, 2.05) is 11.3 Å². The van der Waals surface area contributed by atoms with Crippen molar-refractivity contribution in [2.45, 2.75) is 64.8 Å². The first-order chi connectivity index (χ1) is 8.19. The Labute approximate surface area is 115 Å². The van der Waals surface area contributed by atoms with Crippen LogP contribution in [0.4, 0.5) is 0 Å². The molecule has 1 N–H and O–H groups in total. The van der Waals surface area contributed by atoms with Gasteiger partial charge >= 0.3 is 0 Å². The van der Waals surface area contributed by atoms with Crippen LogP contribution in [-0.4, -0.2) is 12.0 Å². The van der Waals surface area contributed by atoms with Gasteiger partial charge in [-0.3, -0.25) is 0 Å². The maximum Gasteiger partial charge on any atom is 0.113 e. The van der Waals surface area contributed by atoms with Gasteiger partial charge in [0.1, 0.15) is 5.01 Å². The second-order valence-electron chi connectivity index (χ2n) is 7.46. The highest BCUT2D eigenvalue weighted by Gasteiger charge is 2.45. The summed E-state index contributed by atoms with van der Waals surface area (Å²) in [4.78, 5) is 4.93. The van der Waals surface area contributed by atoms with Gasteiger partial charge in [0.2, 0.25) is 0 Å². The highest BCUT2D eigenvalue weighted by atomic mass is 32.1. The highest BCUT2D eigenvalue weighted by molar-refractivity contribution is 7.09. The van der Waals surface area contributed by atoms with Crippen molar-refractivity contribution in [2.24, 2.45) is 5.41 Å². The van der Waals surface area contributed by atoms with Crippen LogP contribution in [0, 0.1) is 5.41 Å². The molecular formula is C15H26N2S. The molecule has 1 aliphatic rings. The Kier molecular flexibility index (Phi) is 3.35. The molecule has 0 amide bonds. The molecule has 0 saturated heterocycles. The zero-order valence-corrected chi connectivity index (χ0v) is 13.4. The molecule has 0 radical (unpaired) electrons. The van der Waals surface area contributed by atoms with Crippen molar-refractivity contribution in [1.29, 1.82) is 0 Å². The lowest BCUT2D eigenvalue weighted by atomic mass is 9.88. The van der Waals surface area contributed by atoms with Crippen LogP contribution in [0.3, 0.4) is 0 Å². The SMILES string of the molecule is CNC1(c2nc(C(C)(C)C)cs2)CCC(C)(C)C1. The average molecular weight is 266 g/mol. The molecule has 1 heterocycles. The van der Waals surface area contributed by atoms with E-state index in [9.17, 15) is 0 Å². The standard InChI is InChI=1S/C15H26N2S/c1-13(2,3)11-9-18-12(17-11)15(16-6)8-7-14(4,5)10-15/h9,16H,7-8,10H2,1-6H3. The molecule has 1 unspecified atom stereocenters. The Morgan fingerprint density at radius 1 is 1.28 bits per heavy atom. The van der Waals surface area contributed by atoms with E-state index in [-0.39, 0.29) is 11.0 Å². The fraction of sp³-hybridized carbons (Fsp3) is 0.800. The number of nitrogens with zero attached hydrogens (tertiary/aromatic N) is 1. The van der Waals surface area contributed by atoms with Crippen LogP contribution in [0.5, 0.6) is 0 Å². The molecule has 0 aromatic carbocycles.